The van der Waals surface area contributed by atoms with Crippen molar-refractivity contribution >= 4 is 60.8 Å². The number of carbonyl (C=O) groups is 2. The van der Waals surface area contributed by atoms with E-state index in [2.05, 4.69) is 48.5 Å². The van der Waals surface area contributed by atoms with Crippen molar-refractivity contribution in [2.24, 2.45) is 0 Å². The summed E-state index contributed by atoms with van der Waals surface area (Å²) >= 11 is 0. The molecule has 0 amide bonds. The molecule has 0 spiro atoms. The van der Waals surface area contributed by atoms with E-state index < -0.39 is 11.9 Å². The van der Waals surface area contributed by atoms with Crippen LogP contribution in [0, 0.1) is 0 Å². The summed E-state index contributed by atoms with van der Waals surface area (Å²) in [6.07, 6.45) is 28.9. The summed E-state index contributed by atoms with van der Waals surface area (Å²) in [7, 11) is 0. The first-order valence-electron chi connectivity index (χ1n) is 23.2. The minimum Gasteiger partial charge on any atom is -0.550 e. The smallest absolute Gasteiger partial charge is 0.550 e. The van der Waals surface area contributed by atoms with E-state index in [9.17, 15) is 30.0 Å². The molecule has 0 aliphatic rings. The van der Waals surface area contributed by atoms with Crippen molar-refractivity contribution in [3.05, 3.63) is 71.8 Å². The van der Waals surface area contributed by atoms with E-state index in [1.165, 1.54) is 75.3 Å². The van der Waals surface area contributed by atoms with Gasteiger partial charge in [-0.3, -0.25) is 0 Å². The van der Waals surface area contributed by atoms with Crippen LogP contribution in [0.2, 0.25) is 0 Å². The molecule has 0 aliphatic carbocycles. The van der Waals surface area contributed by atoms with Gasteiger partial charge in [-0.25, -0.2) is 0 Å². The number of carboxylic acid groups (broad SMARTS) is 2. The maximum atomic E-state index is 10.4. The zero-order valence-corrected chi connectivity index (χ0v) is 41.8. The van der Waals surface area contributed by atoms with Gasteiger partial charge < -0.3 is 39.5 Å². The predicted molar refractivity (Wildman–Crippen MR) is 238 cm³/mol. The van der Waals surface area contributed by atoms with Crippen LogP contribution in [0.25, 0.3) is 0 Å². The SMILES string of the molecule is CC(O)CCCCCCC(CCCCCCCCC(=O)[O-])OCc1ccccc1.CC(O)CCCCCCC(CCCCCCCCC(=O)[O-])OCc1ccccc1.[Ba+2]. The quantitative estimate of drug-likeness (QED) is 0.0501. The van der Waals surface area contributed by atoms with Crippen LogP contribution in [0.5, 0.6) is 0 Å². The Labute approximate surface area is 400 Å². The summed E-state index contributed by atoms with van der Waals surface area (Å²) in [4.78, 5) is 20.8. The molecule has 8 nitrogen and oxygen atoms in total. The molecule has 0 radical (unpaired) electrons. The molecule has 4 atom stereocenters. The molecule has 0 aromatic heterocycles. The molecule has 0 fully saturated rings. The number of benzene rings is 2. The number of hydrogen-bond donors (Lipinski definition) is 2. The first kappa shape index (κ1) is 57.8. The van der Waals surface area contributed by atoms with Crippen molar-refractivity contribution in [2.75, 3.05) is 0 Å². The van der Waals surface area contributed by atoms with Gasteiger partial charge >= 0.3 is 48.9 Å². The number of aliphatic hydroxyl groups is 2. The predicted octanol–water partition coefficient (Wildman–Crippen LogP) is 9.95. The fourth-order valence-corrected chi connectivity index (χ4v) is 7.23. The standard InChI is InChI=1S/2C25H42O4.Ba/c2*1-22(26)15-9-6-7-13-19-24(29-21-23-16-10-8-11-17-23)18-12-4-2-3-5-14-20-25(27)28;/h2*8,10-11,16-17,22,24,26H,2-7,9,12-15,18-21H2,1H3,(H,27,28);/q;;+2/p-2. The molecule has 4 unspecified atom stereocenters. The summed E-state index contributed by atoms with van der Waals surface area (Å²) in [6.45, 7) is 5.07. The Hall–Kier alpha value is -1.21. The van der Waals surface area contributed by atoms with Crippen molar-refractivity contribution < 1.29 is 39.5 Å². The van der Waals surface area contributed by atoms with Crippen LogP contribution in [0.3, 0.4) is 0 Å². The first-order chi connectivity index (χ1) is 28.2. The van der Waals surface area contributed by atoms with Crippen LogP contribution < -0.4 is 10.2 Å². The van der Waals surface area contributed by atoms with Gasteiger partial charge in [0.15, 0.2) is 0 Å². The number of carboxylic acids is 2. The molecule has 9 heteroatoms. The molecule has 0 aliphatic heterocycles. The molecule has 0 bridgehead atoms. The van der Waals surface area contributed by atoms with E-state index in [4.69, 9.17) is 9.47 Å². The Balaban J connectivity index is 0.00000112. The summed E-state index contributed by atoms with van der Waals surface area (Å²) in [6, 6.07) is 20.7. The first-order valence-corrected chi connectivity index (χ1v) is 23.2. The van der Waals surface area contributed by atoms with Crippen LogP contribution in [0.4, 0.5) is 0 Å². The van der Waals surface area contributed by atoms with Crippen LogP contribution in [0.15, 0.2) is 60.7 Å². The van der Waals surface area contributed by atoms with Gasteiger partial charge in [0.1, 0.15) is 0 Å². The third-order valence-corrected chi connectivity index (χ3v) is 10.8. The molecule has 332 valence electrons. The number of unbranched alkanes of at least 4 members (excludes halogenated alkanes) is 16. The topological polar surface area (TPSA) is 139 Å². The minimum atomic E-state index is -0.936. The molecule has 0 saturated carbocycles. The van der Waals surface area contributed by atoms with Crippen LogP contribution in [-0.2, 0) is 32.3 Å². The van der Waals surface area contributed by atoms with E-state index in [0.29, 0.717) is 25.4 Å². The zero-order chi connectivity index (χ0) is 42.3. The van der Waals surface area contributed by atoms with Gasteiger partial charge in [-0.05, 0) is 89.2 Å². The Kier molecular flexibility index (Phi) is 41.2. The Morgan fingerprint density at radius 1 is 0.441 bits per heavy atom. The third kappa shape index (κ3) is 40.6. The van der Waals surface area contributed by atoms with Gasteiger partial charge in [0.05, 0.1) is 37.6 Å². The number of aliphatic carboxylic acids is 2. The Morgan fingerprint density at radius 2 is 0.695 bits per heavy atom. The average molecular weight is 949 g/mol. The maximum Gasteiger partial charge on any atom is 2.00 e. The average Bonchev–Trinajstić information content (AvgIpc) is 3.20. The third-order valence-electron chi connectivity index (χ3n) is 10.8. The number of carbonyl (C=O) groups excluding carboxylic acids is 2. The van der Waals surface area contributed by atoms with Crippen molar-refractivity contribution in [3.63, 3.8) is 0 Å². The van der Waals surface area contributed by atoms with Gasteiger partial charge in [0.2, 0.25) is 0 Å². The molecule has 2 aromatic rings. The number of aliphatic hydroxyl groups excluding tert-OH is 2. The summed E-state index contributed by atoms with van der Waals surface area (Å²) in [5.41, 5.74) is 2.45. The second kappa shape index (κ2) is 42.1. The molecule has 0 saturated heterocycles. The van der Waals surface area contributed by atoms with Crippen molar-refractivity contribution in [3.8, 4) is 0 Å². The van der Waals surface area contributed by atoms with E-state index >= 15 is 0 Å². The van der Waals surface area contributed by atoms with E-state index in [1.807, 2.05) is 26.0 Å². The molecule has 0 heterocycles. The van der Waals surface area contributed by atoms with Gasteiger partial charge in [0.25, 0.3) is 0 Å². The second-order valence-corrected chi connectivity index (χ2v) is 16.6. The van der Waals surface area contributed by atoms with Crippen LogP contribution >= 0.6 is 0 Å². The largest absolute Gasteiger partial charge is 2.00 e. The normalized spacial score (nSPS) is 13.1. The zero-order valence-electron chi connectivity index (χ0n) is 37.3. The minimum absolute atomic E-state index is 0. The molecule has 59 heavy (non-hydrogen) atoms. The fraction of sp³-hybridized carbons (Fsp3) is 0.720. The molecular formula is C50H82BaO8. The van der Waals surface area contributed by atoms with Crippen LogP contribution in [-0.4, -0.2) is 95.4 Å². The molecular weight excluding hydrogens is 866 g/mol. The summed E-state index contributed by atoms with van der Waals surface area (Å²) in [5, 5.41) is 39.5. The molecule has 2 aromatic carbocycles. The van der Waals surface area contributed by atoms with E-state index in [0.717, 1.165) is 103 Å². The summed E-state index contributed by atoms with van der Waals surface area (Å²) in [5.74, 6) is -1.87. The van der Waals surface area contributed by atoms with Gasteiger partial charge in [0, 0.05) is 11.9 Å². The summed E-state index contributed by atoms with van der Waals surface area (Å²) < 4.78 is 12.5. The number of hydrogen-bond acceptors (Lipinski definition) is 8. The van der Waals surface area contributed by atoms with Crippen molar-refractivity contribution in [2.45, 2.75) is 231 Å². The van der Waals surface area contributed by atoms with Gasteiger partial charge in [-0.15, -0.1) is 0 Å². The van der Waals surface area contributed by atoms with Gasteiger partial charge in [-0.1, -0.05) is 176 Å². The molecule has 2 N–H and O–H groups in total. The van der Waals surface area contributed by atoms with Crippen LogP contribution in [0.1, 0.15) is 205 Å². The Morgan fingerprint density at radius 3 is 0.966 bits per heavy atom. The van der Waals surface area contributed by atoms with Crippen molar-refractivity contribution in [1.29, 1.82) is 0 Å². The number of ether oxygens (including phenoxy) is 2. The van der Waals surface area contributed by atoms with Gasteiger partial charge in [-0.2, -0.15) is 0 Å². The fourth-order valence-electron chi connectivity index (χ4n) is 7.23. The monoisotopic (exact) mass is 949 g/mol. The molecule has 2 rings (SSSR count). The van der Waals surface area contributed by atoms with E-state index in [-0.39, 0.29) is 73.9 Å². The Bertz CT molecular complexity index is 1100. The number of rotatable bonds is 38. The maximum absolute atomic E-state index is 10.4. The van der Waals surface area contributed by atoms with E-state index in [1.54, 1.807) is 0 Å². The van der Waals surface area contributed by atoms with Crippen molar-refractivity contribution in [1.82, 2.24) is 0 Å². The second-order valence-electron chi connectivity index (χ2n) is 16.6.